The fourth-order valence-electron chi connectivity index (χ4n) is 2.49. The Labute approximate surface area is 122 Å². The third-order valence-electron chi connectivity index (χ3n) is 3.99. The first kappa shape index (κ1) is 13.4. The van der Waals surface area contributed by atoms with Crippen LogP contribution < -0.4 is 16.6 Å². The molecule has 5 nitrogen and oxygen atoms in total. The van der Waals surface area contributed by atoms with Gasteiger partial charge in [0.25, 0.3) is 0 Å². The maximum atomic E-state index is 12.5. The van der Waals surface area contributed by atoms with Gasteiger partial charge in [-0.25, -0.2) is 0 Å². The number of amides is 1. The highest BCUT2D eigenvalue weighted by Crippen LogP contribution is 2.49. The lowest BCUT2D eigenvalue weighted by Crippen LogP contribution is -2.28. The van der Waals surface area contributed by atoms with E-state index in [4.69, 9.17) is 5.73 Å². The van der Waals surface area contributed by atoms with Crippen molar-refractivity contribution in [2.75, 3.05) is 11.1 Å². The molecule has 1 heterocycles. The highest BCUT2D eigenvalue weighted by atomic mass is 16.2. The first-order valence-corrected chi connectivity index (χ1v) is 6.85. The molecule has 108 valence electrons. The molecule has 0 spiro atoms. The van der Waals surface area contributed by atoms with Gasteiger partial charge in [-0.2, -0.15) is 0 Å². The summed E-state index contributed by atoms with van der Waals surface area (Å²) < 4.78 is 1.44. The van der Waals surface area contributed by atoms with Crippen molar-refractivity contribution < 1.29 is 4.79 Å². The number of aryl methyl sites for hydroxylation is 1. The van der Waals surface area contributed by atoms with Crippen molar-refractivity contribution in [2.45, 2.75) is 18.3 Å². The Balaban J connectivity index is 1.83. The highest BCUT2D eigenvalue weighted by Gasteiger charge is 2.51. The molecular formula is C16H17N3O2. The zero-order valence-electron chi connectivity index (χ0n) is 11.8. The number of aromatic nitrogens is 1. The Morgan fingerprint density at radius 1 is 1.19 bits per heavy atom. The molecule has 1 aliphatic rings. The van der Waals surface area contributed by atoms with E-state index in [0.717, 1.165) is 18.4 Å². The predicted molar refractivity (Wildman–Crippen MR) is 82.1 cm³/mol. The van der Waals surface area contributed by atoms with Gasteiger partial charge < -0.3 is 15.6 Å². The van der Waals surface area contributed by atoms with E-state index in [1.807, 2.05) is 24.3 Å². The molecule has 0 aliphatic heterocycles. The van der Waals surface area contributed by atoms with Crippen LogP contribution in [0.2, 0.25) is 0 Å². The van der Waals surface area contributed by atoms with Gasteiger partial charge in [0.2, 0.25) is 11.5 Å². The van der Waals surface area contributed by atoms with Crippen molar-refractivity contribution in [1.29, 1.82) is 0 Å². The zero-order chi connectivity index (χ0) is 15.0. The van der Waals surface area contributed by atoms with E-state index in [1.165, 1.54) is 10.6 Å². The Morgan fingerprint density at radius 3 is 2.43 bits per heavy atom. The highest BCUT2D eigenvalue weighted by molar-refractivity contribution is 6.01. The van der Waals surface area contributed by atoms with E-state index in [-0.39, 0.29) is 11.5 Å². The number of rotatable bonds is 3. The molecule has 1 aromatic carbocycles. The van der Waals surface area contributed by atoms with Crippen LogP contribution in [0.5, 0.6) is 0 Å². The number of nitrogen functional groups attached to an aromatic ring is 1. The SMILES string of the molecule is Cn1cc(NC(=O)C2(c3ccc(N)cc3)CC2)ccc1=O. The second kappa shape index (κ2) is 4.77. The van der Waals surface area contributed by atoms with Gasteiger partial charge in [-0.3, -0.25) is 9.59 Å². The minimum atomic E-state index is -0.456. The number of anilines is 2. The van der Waals surface area contributed by atoms with Gasteiger partial charge in [0, 0.05) is 25.0 Å². The lowest BCUT2D eigenvalue weighted by Gasteiger charge is -2.16. The topological polar surface area (TPSA) is 77.1 Å². The summed E-state index contributed by atoms with van der Waals surface area (Å²) in [5.74, 6) is -0.0362. The third-order valence-corrected chi connectivity index (χ3v) is 3.99. The van der Waals surface area contributed by atoms with Crippen molar-refractivity contribution in [2.24, 2.45) is 7.05 Å². The van der Waals surface area contributed by atoms with Gasteiger partial charge in [-0.05, 0) is 36.6 Å². The van der Waals surface area contributed by atoms with Crippen LogP contribution in [0.1, 0.15) is 18.4 Å². The number of carbonyl (C=O) groups excluding carboxylic acids is 1. The molecule has 1 fully saturated rings. The second-order valence-corrected chi connectivity index (χ2v) is 5.53. The van der Waals surface area contributed by atoms with Gasteiger partial charge in [-0.15, -0.1) is 0 Å². The third kappa shape index (κ3) is 2.42. The molecule has 21 heavy (non-hydrogen) atoms. The van der Waals surface area contributed by atoms with Gasteiger partial charge >= 0.3 is 0 Å². The van der Waals surface area contributed by atoms with Crippen LogP contribution in [0, 0.1) is 0 Å². The van der Waals surface area contributed by atoms with Gasteiger partial charge in [0.15, 0.2) is 0 Å². The standard InChI is InChI=1S/C16H17N3O2/c1-19-10-13(6-7-14(19)20)18-15(21)16(8-9-16)11-2-4-12(17)5-3-11/h2-7,10H,8-9,17H2,1H3,(H,18,21). The number of pyridine rings is 1. The van der Waals surface area contributed by atoms with E-state index in [1.54, 1.807) is 19.3 Å². The van der Waals surface area contributed by atoms with E-state index in [9.17, 15) is 9.59 Å². The number of hydrogen-bond donors (Lipinski definition) is 2. The van der Waals surface area contributed by atoms with Crippen molar-refractivity contribution in [3.05, 3.63) is 58.5 Å². The number of hydrogen-bond acceptors (Lipinski definition) is 3. The Kier molecular flexibility index (Phi) is 3.05. The molecule has 3 N–H and O–H groups in total. The average molecular weight is 283 g/mol. The monoisotopic (exact) mass is 283 g/mol. The van der Waals surface area contributed by atoms with Crippen molar-refractivity contribution >= 4 is 17.3 Å². The summed E-state index contributed by atoms with van der Waals surface area (Å²) >= 11 is 0. The lowest BCUT2D eigenvalue weighted by molar-refractivity contribution is -0.118. The van der Waals surface area contributed by atoms with Crippen LogP contribution in [-0.4, -0.2) is 10.5 Å². The molecule has 1 aliphatic carbocycles. The van der Waals surface area contributed by atoms with Gasteiger partial charge in [0.1, 0.15) is 0 Å². The number of nitrogens with zero attached hydrogens (tertiary/aromatic N) is 1. The number of benzene rings is 1. The van der Waals surface area contributed by atoms with Crippen LogP contribution in [0.3, 0.4) is 0 Å². The zero-order valence-corrected chi connectivity index (χ0v) is 11.8. The van der Waals surface area contributed by atoms with Crippen LogP contribution in [0.4, 0.5) is 11.4 Å². The van der Waals surface area contributed by atoms with Crippen molar-refractivity contribution in [3.8, 4) is 0 Å². The summed E-state index contributed by atoms with van der Waals surface area (Å²) in [5.41, 5.74) is 7.43. The van der Waals surface area contributed by atoms with E-state index < -0.39 is 5.41 Å². The molecule has 0 saturated heterocycles. The lowest BCUT2D eigenvalue weighted by atomic mass is 9.94. The molecular weight excluding hydrogens is 266 g/mol. The van der Waals surface area contributed by atoms with Crippen molar-refractivity contribution in [3.63, 3.8) is 0 Å². The van der Waals surface area contributed by atoms with E-state index in [0.29, 0.717) is 11.4 Å². The minimum Gasteiger partial charge on any atom is -0.399 e. The average Bonchev–Trinajstić information content (AvgIpc) is 3.25. The smallest absolute Gasteiger partial charge is 0.250 e. The molecule has 0 radical (unpaired) electrons. The van der Waals surface area contributed by atoms with E-state index in [2.05, 4.69) is 5.32 Å². The molecule has 3 rings (SSSR count). The Bertz CT molecular complexity index is 743. The summed E-state index contributed by atoms with van der Waals surface area (Å²) in [6, 6.07) is 10.5. The fourth-order valence-corrected chi connectivity index (χ4v) is 2.49. The predicted octanol–water partition coefficient (Wildman–Crippen LogP) is 1.64. The molecule has 2 aromatic rings. The first-order valence-electron chi connectivity index (χ1n) is 6.85. The minimum absolute atomic E-state index is 0.0362. The molecule has 1 aromatic heterocycles. The van der Waals surface area contributed by atoms with Crippen LogP contribution in [-0.2, 0) is 17.3 Å². The molecule has 0 atom stereocenters. The van der Waals surface area contributed by atoms with Gasteiger partial charge in [-0.1, -0.05) is 12.1 Å². The largest absolute Gasteiger partial charge is 0.399 e. The Hall–Kier alpha value is -2.56. The molecule has 1 amide bonds. The van der Waals surface area contributed by atoms with Crippen LogP contribution >= 0.6 is 0 Å². The van der Waals surface area contributed by atoms with Crippen LogP contribution in [0.15, 0.2) is 47.4 Å². The van der Waals surface area contributed by atoms with Gasteiger partial charge in [0.05, 0.1) is 11.1 Å². The first-order chi connectivity index (χ1) is 10.0. The quantitative estimate of drug-likeness (QED) is 0.841. The maximum Gasteiger partial charge on any atom is 0.250 e. The number of nitrogens with two attached hydrogens (primary N) is 1. The number of carbonyl (C=O) groups is 1. The normalized spacial score (nSPS) is 15.5. The maximum absolute atomic E-state index is 12.5. The summed E-state index contributed by atoms with van der Waals surface area (Å²) in [6.45, 7) is 0. The summed E-state index contributed by atoms with van der Waals surface area (Å²) in [4.78, 5) is 23.9. The van der Waals surface area contributed by atoms with Crippen LogP contribution in [0.25, 0.3) is 0 Å². The fraction of sp³-hybridized carbons (Fsp3) is 0.250. The Morgan fingerprint density at radius 2 is 1.86 bits per heavy atom. The van der Waals surface area contributed by atoms with E-state index >= 15 is 0 Å². The molecule has 0 unspecified atom stereocenters. The summed E-state index contributed by atoms with van der Waals surface area (Å²) in [7, 11) is 1.66. The summed E-state index contributed by atoms with van der Waals surface area (Å²) in [5, 5.41) is 2.90. The number of nitrogens with one attached hydrogen (secondary N) is 1. The summed E-state index contributed by atoms with van der Waals surface area (Å²) in [6.07, 6.45) is 3.28. The molecule has 1 saturated carbocycles. The molecule has 0 bridgehead atoms. The van der Waals surface area contributed by atoms with Crippen molar-refractivity contribution in [1.82, 2.24) is 4.57 Å². The molecule has 5 heteroatoms. The second-order valence-electron chi connectivity index (χ2n) is 5.53.